The van der Waals surface area contributed by atoms with Gasteiger partial charge in [-0.05, 0) is 49.6 Å². The van der Waals surface area contributed by atoms with Crippen LogP contribution in [0.5, 0.6) is 0 Å². The van der Waals surface area contributed by atoms with Crippen molar-refractivity contribution in [1.29, 1.82) is 0 Å². The lowest BCUT2D eigenvalue weighted by Gasteiger charge is -2.17. The fraction of sp³-hybridized carbons (Fsp3) is 0.333. The van der Waals surface area contributed by atoms with Crippen LogP contribution in [-0.4, -0.2) is 5.11 Å². The molecule has 0 aliphatic carbocycles. The zero-order valence-corrected chi connectivity index (χ0v) is 12.4. The maximum Gasteiger partial charge on any atom is 0.0931 e. The predicted molar refractivity (Wildman–Crippen MR) is 78.6 cm³/mol. The minimum atomic E-state index is -0.458. The molecule has 3 heteroatoms. The Kier molecular flexibility index (Phi) is 4.10. The molecule has 0 bridgehead atoms. The van der Waals surface area contributed by atoms with Gasteiger partial charge >= 0.3 is 0 Å². The van der Waals surface area contributed by atoms with Gasteiger partial charge in [-0.25, -0.2) is 0 Å². The van der Waals surface area contributed by atoms with E-state index in [4.69, 9.17) is 11.6 Å². The van der Waals surface area contributed by atoms with E-state index < -0.39 is 6.10 Å². The van der Waals surface area contributed by atoms with E-state index >= 15 is 0 Å². The van der Waals surface area contributed by atoms with Crippen molar-refractivity contribution in [1.82, 2.24) is 0 Å². The first-order valence-corrected chi connectivity index (χ1v) is 7.17. The zero-order valence-electron chi connectivity index (χ0n) is 10.8. The Balaban J connectivity index is 2.26. The number of hydrogen-bond acceptors (Lipinski definition) is 2. The molecule has 0 saturated carbocycles. The Hall–Kier alpha value is -0.830. The molecule has 1 aromatic heterocycles. The van der Waals surface area contributed by atoms with Crippen LogP contribution in [0.2, 0.25) is 4.34 Å². The van der Waals surface area contributed by atoms with Crippen LogP contribution in [0.4, 0.5) is 0 Å². The molecule has 18 heavy (non-hydrogen) atoms. The maximum absolute atomic E-state index is 10.4. The predicted octanol–water partition coefficient (Wildman–Crippen LogP) is 4.60. The highest BCUT2D eigenvalue weighted by Gasteiger charge is 2.15. The zero-order chi connectivity index (χ0) is 13.3. The molecule has 1 nitrogen and oxygen atoms in total. The summed E-state index contributed by atoms with van der Waals surface area (Å²) in [5.41, 5.74) is 4.59. The Bertz CT molecular complexity index is 536. The number of hydrogen-bond donors (Lipinski definition) is 1. The Morgan fingerprint density at radius 1 is 1.17 bits per heavy atom. The average molecular weight is 281 g/mol. The van der Waals surface area contributed by atoms with Crippen molar-refractivity contribution in [2.75, 3.05) is 0 Å². The molecule has 1 N–H and O–H groups in total. The van der Waals surface area contributed by atoms with E-state index in [9.17, 15) is 5.11 Å². The van der Waals surface area contributed by atoms with E-state index in [2.05, 4.69) is 32.9 Å². The van der Waals surface area contributed by atoms with Crippen LogP contribution in [0, 0.1) is 20.8 Å². The summed E-state index contributed by atoms with van der Waals surface area (Å²) in [4.78, 5) is 1.12. The first kappa shape index (κ1) is 13.6. The van der Waals surface area contributed by atoms with E-state index in [1.807, 2.05) is 12.1 Å². The molecular weight excluding hydrogens is 264 g/mol. The van der Waals surface area contributed by atoms with Gasteiger partial charge in [-0.3, -0.25) is 0 Å². The molecule has 2 rings (SSSR count). The van der Waals surface area contributed by atoms with Crippen molar-refractivity contribution in [3.63, 3.8) is 0 Å². The van der Waals surface area contributed by atoms with E-state index in [1.54, 1.807) is 0 Å². The number of aliphatic hydroxyl groups excluding tert-OH is 1. The molecule has 2 aromatic rings. The summed E-state index contributed by atoms with van der Waals surface area (Å²) in [5.74, 6) is 0. The summed E-state index contributed by atoms with van der Waals surface area (Å²) in [6.07, 6.45) is 0.169. The smallest absolute Gasteiger partial charge is 0.0931 e. The van der Waals surface area contributed by atoms with Gasteiger partial charge in [0.15, 0.2) is 0 Å². The largest absolute Gasteiger partial charge is 0.388 e. The lowest BCUT2D eigenvalue weighted by Crippen LogP contribution is -2.05. The molecule has 0 spiro atoms. The quantitative estimate of drug-likeness (QED) is 0.871. The van der Waals surface area contributed by atoms with Gasteiger partial charge in [-0.15, -0.1) is 11.3 Å². The number of aryl methyl sites for hydroxylation is 3. The summed E-state index contributed by atoms with van der Waals surface area (Å²) in [6.45, 7) is 6.19. The normalized spacial score (nSPS) is 12.7. The second-order valence-corrected chi connectivity index (χ2v) is 6.54. The van der Waals surface area contributed by atoms with Gasteiger partial charge in [-0.1, -0.05) is 29.3 Å². The number of halogens is 1. The van der Waals surface area contributed by atoms with Crippen molar-refractivity contribution in [3.8, 4) is 0 Å². The van der Waals surface area contributed by atoms with Crippen LogP contribution in [0.15, 0.2) is 24.3 Å². The van der Waals surface area contributed by atoms with Crippen LogP contribution >= 0.6 is 22.9 Å². The van der Waals surface area contributed by atoms with Gasteiger partial charge < -0.3 is 5.11 Å². The van der Waals surface area contributed by atoms with Gasteiger partial charge in [0, 0.05) is 11.3 Å². The Morgan fingerprint density at radius 3 is 2.28 bits per heavy atom. The average Bonchev–Trinajstić information content (AvgIpc) is 2.62. The SMILES string of the molecule is Cc1cc(C)c(C(O)Cc2ccc(Cl)s2)c(C)c1. The fourth-order valence-corrected chi connectivity index (χ4v) is 3.60. The summed E-state index contributed by atoms with van der Waals surface area (Å²) in [6, 6.07) is 8.10. The molecule has 1 heterocycles. The lowest BCUT2D eigenvalue weighted by atomic mass is 9.94. The highest BCUT2D eigenvalue weighted by molar-refractivity contribution is 7.16. The van der Waals surface area contributed by atoms with E-state index in [-0.39, 0.29) is 0 Å². The van der Waals surface area contributed by atoms with Gasteiger partial charge in [0.1, 0.15) is 0 Å². The van der Waals surface area contributed by atoms with Gasteiger partial charge in [0.2, 0.25) is 0 Å². The van der Waals surface area contributed by atoms with Gasteiger partial charge in [0.05, 0.1) is 10.4 Å². The van der Waals surface area contributed by atoms with Crippen LogP contribution in [0.3, 0.4) is 0 Å². The molecule has 0 amide bonds. The van der Waals surface area contributed by atoms with Crippen LogP contribution < -0.4 is 0 Å². The number of benzene rings is 1. The molecule has 0 radical (unpaired) electrons. The van der Waals surface area contributed by atoms with Crippen molar-refractivity contribution in [3.05, 3.63) is 55.7 Å². The topological polar surface area (TPSA) is 20.2 Å². The van der Waals surface area contributed by atoms with Gasteiger partial charge in [-0.2, -0.15) is 0 Å². The molecule has 0 saturated heterocycles. The summed E-state index contributed by atoms with van der Waals surface area (Å²) >= 11 is 7.44. The van der Waals surface area contributed by atoms with Gasteiger partial charge in [0.25, 0.3) is 0 Å². The Labute approximate surface area is 117 Å². The first-order chi connectivity index (χ1) is 8.47. The maximum atomic E-state index is 10.4. The minimum absolute atomic E-state index is 0.458. The lowest BCUT2D eigenvalue weighted by molar-refractivity contribution is 0.178. The third-order valence-electron chi connectivity index (χ3n) is 3.09. The second-order valence-electron chi connectivity index (χ2n) is 4.74. The highest BCUT2D eigenvalue weighted by atomic mass is 35.5. The molecule has 0 aliphatic rings. The standard InChI is InChI=1S/C15H17ClOS/c1-9-6-10(2)15(11(3)7-9)13(17)8-12-4-5-14(16)18-12/h4-7,13,17H,8H2,1-3H3. The number of thiophene rings is 1. The molecule has 1 unspecified atom stereocenters. The number of rotatable bonds is 3. The fourth-order valence-electron chi connectivity index (χ4n) is 2.47. The highest BCUT2D eigenvalue weighted by Crippen LogP contribution is 2.30. The van der Waals surface area contributed by atoms with Crippen LogP contribution in [0.25, 0.3) is 0 Å². The number of aliphatic hydroxyl groups is 1. The molecular formula is C15H17ClOS. The third kappa shape index (κ3) is 2.94. The second kappa shape index (κ2) is 5.43. The van der Waals surface area contributed by atoms with Crippen molar-refractivity contribution in [2.24, 2.45) is 0 Å². The van der Waals surface area contributed by atoms with E-state index in [1.165, 1.54) is 16.9 Å². The van der Waals surface area contributed by atoms with Crippen molar-refractivity contribution < 1.29 is 5.11 Å². The molecule has 1 atom stereocenters. The monoisotopic (exact) mass is 280 g/mol. The third-order valence-corrected chi connectivity index (χ3v) is 4.35. The summed E-state index contributed by atoms with van der Waals surface area (Å²) in [7, 11) is 0. The van der Waals surface area contributed by atoms with Crippen LogP contribution in [0.1, 0.15) is 33.2 Å². The molecule has 0 fully saturated rings. The Morgan fingerprint density at radius 2 is 1.78 bits per heavy atom. The first-order valence-electron chi connectivity index (χ1n) is 5.97. The minimum Gasteiger partial charge on any atom is -0.388 e. The van der Waals surface area contributed by atoms with Crippen molar-refractivity contribution in [2.45, 2.75) is 33.3 Å². The van der Waals surface area contributed by atoms with Crippen molar-refractivity contribution >= 4 is 22.9 Å². The molecule has 0 aliphatic heterocycles. The molecule has 1 aromatic carbocycles. The van der Waals surface area contributed by atoms with Crippen LogP contribution in [-0.2, 0) is 6.42 Å². The summed E-state index contributed by atoms with van der Waals surface area (Å²) in [5, 5.41) is 10.4. The molecule has 96 valence electrons. The van der Waals surface area contributed by atoms with E-state index in [0.29, 0.717) is 6.42 Å². The van der Waals surface area contributed by atoms with E-state index in [0.717, 1.165) is 25.9 Å². The summed E-state index contributed by atoms with van der Waals surface area (Å²) < 4.78 is 0.773.